The fourth-order valence-corrected chi connectivity index (χ4v) is 14.8. The van der Waals surface area contributed by atoms with Crippen molar-refractivity contribution in [1.29, 1.82) is 0 Å². The van der Waals surface area contributed by atoms with Gasteiger partial charge in [0.25, 0.3) is 0 Å². The molecule has 0 unspecified atom stereocenters. The van der Waals surface area contributed by atoms with Gasteiger partial charge in [0.05, 0.1) is 21.5 Å². The minimum Gasteiger partial charge on any atom is -0.455 e. The summed E-state index contributed by atoms with van der Waals surface area (Å²) in [7, 11) is 0. The third-order valence-corrected chi connectivity index (χ3v) is 19.8. The van der Waals surface area contributed by atoms with Gasteiger partial charge in [-0.3, -0.25) is 0 Å². The van der Waals surface area contributed by atoms with E-state index in [0.717, 1.165) is 115 Å². The highest BCUT2D eigenvalue weighted by atomic mass is 127. The molecule has 4 aromatic heterocycles. The maximum absolute atomic E-state index is 6.59. The molecule has 0 aliphatic rings. The second kappa shape index (κ2) is 32.0. The summed E-state index contributed by atoms with van der Waals surface area (Å²) < 4.78 is 26.1. The number of hydrogen-bond donors (Lipinski definition) is 1. The molecule has 0 bridgehead atoms. The van der Waals surface area contributed by atoms with Gasteiger partial charge in [0.2, 0.25) is 0 Å². The molecule has 20 rings (SSSR count). The van der Waals surface area contributed by atoms with E-state index in [1.807, 2.05) is 77.7 Å². The predicted molar refractivity (Wildman–Crippen MR) is 472 cm³/mol. The smallest absolute Gasteiger partial charge is 0.159 e. The highest BCUT2D eigenvalue weighted by Crippen LogP contribution is 2.47. The fraction of sp³-hybridized carbons (Fsp3) is 0.0297. The van der Waals surface area contributed by atoms with Gasteiger partial charge in [-0.15, -0.1) is 0 Å². The molecular formula is C101H64BrIN2O4. The van der Waals surface area contributed by atoms with E-state index in [-0.39, 0.29) is 0 Å². The highest BCUT2D eigenvalue weighted by Gasteiger charge is 2.24. The number of nitrogens with one attached hydrogen (secondary N) is 1. The molecule has 6 nitrogen and oxygen atoms in total. The Bertz CT molecular complexity index is 7050. The van der Waals surface area contributed by atoms with Crippen molar-refractivity contribution in [2.24, 2.45) is 0 Å². The number of nitrogens with zero attached hydrogens (tertiary/aromatic N) is 1. The van der Waals surface area contributed by atoms with Gasteiger partial charge in [-0.2, -0.15) is 0 Å². The second-order valence-corrected chi connectivity index (χ2v) is 26.3. The summed E-state index contributed by atoms with van der Waals surface area (Å²) in [4.78, 5) is 4.25. The van der Waals surface area contributed by atoms with Crippen LogP contribution in [0.5, 0.6) is 0 Å². The Labute approximate surface area is 652 Å². The summed E-state index contributed by atoms with van der Waals surface area (Å²) in [6.45, 7) is 3.44. The summed E-state index contributed by atoms with van der Waals surface area (Å²) >= 11 is 5.63. The van der Waals surface area contributed by atoms with Crippen LogP contribution < -0.4 is 10.2 Å². The zero-order chi connectivity index (χ0) is 74.0. The lowest BCUT2D eigenvalue weighted by molar-refractivity contribution is 0.666. The van der Waals surface area contributed by atoms with Gasteiger partial charge in [-0.05, 0) is 232 Å². The third-order valence-electron chi connectivity index (χ3n) is 19.1. The van der Waals surface area contributed by atoms with Crippen molar-refractivity contribution < 1.29 is 17.7 Å². The van der Waals surface area contributed by atoms with Gasteiger partial charge in [0, 0.05) is 54.5 Å². The van der Waals surface area contributed by atoms with Gasteiger partial charge in [-0.1, -0.05) is 277 Å². The Balaban J connectivity index is 0.000000126. The molecule has 4 heterocycles. The number of rotatable bonds is 7. The highest BCUT2D eigenvalue weighted by molar-refractivity contribution is 14.1. The molecule has 0 aliphatic carbocycles. The van der Waals surface area contributed by atoms with Crippen LogP contribution in [0.25, 0.3) is 153 Å². The quantitative estimate of drug-likeness (QED) is 0.0742. The predicted octanol–water partition coefficient (Wildman–Crippen LogP) is 28.7. The number of para-hydroxylation sites is 8. The minimum atomic E-state index is 0.839. The van der Waals surface area contributed by atoms with Gasteiger partial charge in [-0.25, -0.2) is 0 Å². The van der Waals surface area contributed by atoms with Crippen molar-refractivity contribution in [1.82, 2.24) is 0 Å². The lowest BCUT2D eigenvalue weighted by atomic mass is 9.93. The van der Waals surface area contributed by atoms with Crippen LogP contribution in [-0.2, 0) is 0 Å². The zero-order valence-electron chi connectivity index (χ0n) is 59.5. The van der Waals surface area contributed by atoms with Crippen LogP contribution in [0.2, 0.25) is 0 Å². The fourth-order valence-electron chi connectivity index (χ4n) is 14.4. The summed E-state index contributed by atoms with van der Waals surface area (Å²) in [6, 6.07) is 115. The molecule has 0 atom stereocenters. The first-order valence-corrected chi connectivity index (χ1v) is 38.5. The topological polar surface area (TPSA) is 67.8 Å². The Morgan fingerprint density at radius 3 is 1.05 bits per heavy atom. The second-order valence-electron chi connectivity index (χ2n) is 25.5. The Morgan fingerprint density at radius 1 is 0.284 bits per heavy atom. The van der Waals surface area contributed by atoms with Gasteiger partial charge in [0.1, 0.15) is 27.9 Å². The summed E-state index contributed by atoms with van der Waals surface area (Å²) in [5.74, 6) is 25.6. The first-order valence-electron chi connectivity index (χ1n) is 35.5. The maximum Gasteiger partial charge on any atom is 0.159 e. The Kier molecular flexibility index (Phi) is 20.5. The first-order chi connectivity index (χ1) is 53.9. The molecule has 0 saturated carbocycles. The largest absolute Gasteiger partial charge is 0.455 e. The van der Waals surface area contributed by atoms with Gasteiger partial charge < -0.3 is 27.9 Å². The number of halogens is 2. The molecular weight excluding hydrogens is 1510 g/mol. The van der Waals surface area contributed by atoms with Crippen molar-refractivity contribution >= 4 is 198 Å². The van der Waals surface area contributed by atoms with Crippen molar-refractivity contribution in [2.75, 3.05) is 15.1 Å². The number of hydrogen-bond acceptors (Lipinski definition) is 6. The lowest BCUT2D eigenvalue weighted by Crippen LogP contribution is -2.10. The molecule has 0 amide bonds. The van der Waals surface area contributed by atoms with Gasteiger partial charge >= 0.3 is 0 Å². The molecule has 0 fully saturated rings. The van der Waals surface area contributed by atoms with E-state index in [1.165, 1.54) is 70.7 Å². The van der Waals surface area contributed by atoms with Crippen LogP contribution >= 0.6 is 38.5 Å². The number of anilines is 5. The van der Waals surface area contributed by atoms with Crippen molar-refractivity contribution in [3.05, 3.63) is 332 Å². The normalized spacial score (nSPS) is 10.6. The molecule has 1 N–H and O–H groups in total. The number of furan rings is 4. The summed E-state index contributed by atoms with van der Waals surface area (Å²) in [5, 5.41) is 22.6. The molecule has 109 heavy (non-hydrogen) atoms. The van der Waals surface area contributed by atoms with Crippen LogP contribution in [0, 0.1) is 59.2 Å². The van der Waals surface area contributed by atoms with E-state index in [2.05, 4.69) is 363 Å². The molecule has 0 aliphatic heterocycles. The standard InChI is InChI=1S/C44H27NO2.C32H21NO.C12H7BrO.C12H6.CH3I/c1-2-12-31-29(11-1)27-38(33-14-4-3-13-32(31)33)28-23-25-30(26-24-28)45(39-19-9-17-36-34-15-5-7-21-41(34)46-43(36)39)40-20-10-18-37-35-16-6-8-22-42(35)47-44(37)40;1-2-9-24-22(8-1)20-29(26-11-4-3-10-25(24)26)21-16-18-23(19-17-21)33-30-14-7-13-28-27-12-5-6-15-31(27)34-32(28)30;13-10-6-3-5-9-8-4-1-2-7-11(8)14-12(9)10;1-3-5-7-9-11-12-10-8-6-4-2;1-2/h1-27H;1-20,33H;1-7H;1-2H3;1H3. The monoisotopic (exact) mass is 1570 g/mol. The molecule has 0 spiro atoms. The number of alkyl halides is 1. The van der Waals surface area contributed by atoms with E-state index < -0.39 is 0 Å². The van der Waals surface area contributed by atoms with Gasteiger partial charge in [0.15, 0.2) is 16.7 Å². The van der Waals surface area contributed by atoms with Crippen LogP contribution in [0.3, 0.4) is 0 Å². The molecule has 20 aromatic rings. The van der Waals surface area contributed by atoms with E-state index in [1.54, 1.807) is 13.8 Å². The SMILES string of the molecule is Brc1cccc2c1oc1ccccc12.CC#CC#CC#CC#CC#CC.CI.c1ccc2c(c1)cc(-c1ccc(N(c3cccc4c3oc3ccccc34)c3cccc4c3oc3ccccc34)cc1)c1ccccc12.c1ccc2c(c1)cc(-c1ccc(Nc3cccc4c3oc3ccccc34)cc1)c1ccccc12. The van der Waals surface area contributed by atoms with E-state index in [0.29, 0.717) is 0 Å². The average Bonchev–Trinajstić information content (AvgIpc) is 1.34. The number of fused-ring (bicyclic) bond motifs is 18. The summed E-state index contributed by atoms with van der Waals surface area (Å²) in [6.07, 6.45) is 0. The van der Waals surface area contributed by atoms with Crippen LogP contribution in [0.4, 0.5) is 28.4 Å². The molecule has 16 aromatic carbocycles. The van der Waals surface area contributed by atoms with Crippen molar-refractivity contribution in [3.8, 4) is 81.5 Å². The molecule has 516 valence electrons. The third kappa shape index (κ3) is 14.1. The van der Waals surface area contributed by atoms with Crippen LogP contribution in [0.15, 0.2) is 350 Å². The summed E-state index contributed by atoms with van der Waals surface area (Å²) in [5.41, 5.74) is 16.8. The molecule has 8 heteroatoms. The van der Waals surface area contributed by atoms with Crippen LogP contribution in [-0.4, -0.2) is 4.93 Å². The number of benzene rings is 16. The molecule has 0 radical (unpaired) electrons. The van der Waals surface area contributed by atoms with Crippen LogP contribution in [0.1, 0.15) is 13.8 Å². The van der Waals surface area contributed by atoms with E-state index >= 15 is 0 Å². The maximum atomic E-state index is 6.59. The van der Waals surface area contributed by atoms with Crippen molar-refractivity contribution in [2.45, 2.75) is 13.8 Å². The van der Waals surface area contributed by atoms with E-state index in [9.17, 15) is 0 Å². The Hall–Kier alpha value is -13.6. The van der Waals surface area contributed by atoms with E-state index in [4.69, 9.17) is 17.7 Å². The Morgan fingerprint density at radius 2 is 0.606 bits per heavy atom. The molecule has 0 saturated heterocycles. The lowest BCUT2D eigenvalue weighted by Gasteiger charge is -2.26. The average molecular weight is 1580 g/mol. The van der Waals surface area contributed by atoms with Crippen molar-refractivity contribution in [3.63, 3.8) is 0 Å². The minimum absolute atomic E-state index is 0.839. The first kappa shape index (κ1) is 69.7. The zero-order valence-corrected chi connectivity index (χ0v) is 63.3.